The van der Waals surface area contributed by atoms with Crippen LogP contribution in [0.25, 0.3) is 0 Å². The van der Waals surface area contributed by atoms with Gasteiger partial charge in [0.1, 0.15) is 11.6 Å². The number of hydrogen-bond donors (Lipinski definition) is 4. The minimum absolute atomic E-state index is 0.367. The van der Waals surface area contributed by atoms with E-state index in [0.717, 1.165) is 22.7 Å². The number of aromatic nitrogens is 2. The van der Waals surface area contributed by atoms with Crippen LogP contribution in [0.5, 0.6) is 5.75 Å². The molecule has 1 aliphatic heterocycles. The number of nitrogens with zero attached hydrogens (tertiary/aromatic N) is 4. The number of hydrazone groups is 1. The van der Waals surface area contributed by atoms with Crippen molar-refractivity contribution in [3.8, 4) is 5.75 Å². The molecule has 1 aliphatic rings. The highest BCUT2D eigenvalue weighted by Gasteiger charge is 2.24. The number of rotatable bonds is 4. The van der Waals surface area contributed by atoms with Gasteiger partial charge in [-0.25, -0.2) is 10.8 Å². The van der Waals surface area contributed by atoms with Crippen LogP contribution < -0.4 is 32.1 Å². The van der Waals surface area contributed by atoms with E-state index in [1.54, 1.807) is 13.3 Å². The van der Waals surface area contributed by atoms with E-state index in [0.29, 0.717) is 29.7 Å². The lowest BCUT2D eigenvalue weighted by Crippen LogP contribution is -2.38. The number of fused-ring (bicyclic) bond motifs is 2. The third-order valence-corrected chi connectivity index (χ3v) is 4.38. The first-order valence-electron chi connectivity index (χ1n) is 8.62. The average molecular weight is 376 g/mol. The van der Waals surface area contributed by atoms with Crippen LogP contribution in [0, 0.1) is 0 Å². The predicted octanol–water partition coefficient (Wildman–Crippen LogP) is 2.15. The smallest absolute Gasteiger partial charge is 0.224 e. The summed E-state index contributed by atoms with van der Waals surface area (Å²) in [5.41, 5.74) is 3.18. The number of methoxy groups -OCH3 is 1. The molecule has 6 N–H and O–H groups in total. The highest BCUT2D eigenvalue weighted by Crippen LogP contribution is 2.33. The van der Waals surface area contributed by atoms with E-state index in [-0.39, 0.29) is 0 Å². The predicted molar refractivity (Wildman–Crippen MR) is 109 cm³/mol. The molecule has 0 aliphatic carbocycles. The SMILES string of the molecule is COc1cccc(CNc2ncc3c(n2)Nc2ccccc2N(N)/C3=N\N)c1. The van der Waals surface area contributed by atoms with Crippen molar-refractivity contribution in [3.63, 3.8) is 0 Å². The molecule has 0 spiro atoms. The molecule has 0 fully saturated rings. The summed E-state index contributed by atoms with van der Waals surface area (Å²) >= 11 is 0. The van der Waals surface area contributed by atoms with Crippen LogP contribution in [-0.2, 0) is 6.54 Å². The summed E-state index contributed by atoms with van der Waals surface area (Å²) in [6.45, 7) is 0.549. The van der Waals surface area contributed by atoms with Gasteiger partial charge in [0.25, 0.3) is 0 Å². The van der Waals surface area contributed by atoms with E-state index in [9.17, 15) is 0 Å². The monoisotopic (exact) mass is 376 g/mol. The van der Waals surface area contributed by atoms with Gasteiger partial charge >= 0.3 is 0 Å². The largest absolute Gasteiger partial charge is 0.497 e. The lowest BCUT2D eigenvalue weighted by atomic mass is 10.2. The third-order valence-electron chi connectivity index (χ3n) is 4.38. The maximum Gasteiger partial charge on any atom is 0.224 e. The maximum absolute atomic E-state index is 6.22. The van der Waals surface area contributed by atoms with Crippen LogP contribution in [0.3, 0.4) is 0 Å². The van der Waals surface area contributed by atoms with E-state index in [1.807, 2.05) is 48.5 Å². The Balaban J connectivity index is 1.63. The van der Waals surface area contributed by atoms with E-state index in [4.69, 9.17) is 16.4 Å². The van der Waals surface area contributed by atoms with Crippen LogP contribution in [-0.4, -0.2) is 22.9 Å². The number of benzene rings is 2. The Hall–Kier alpha value is -3.85. The van der Waals surface area contributed by atoms with E-state index in [2.05, 4.69) is 25.7 Å². The summed E-state index contributed by atoms with van der Waals surface area (Å²) < 4.78 is 5.25. The Morgan fingerprint density at radius 1 is 1.21 bits per heavy atom. The first-order valence-corrected chi connectivity index (χ1v) is 8.62. The molecule has 1 aromatic heterocycles. The summed E-state index contributed by atoms with van der Waals surface area (Å²) in [5.74, 6) is 14.0. The van der Waals surface area contributed by atoms with Crippen molar-refractivity contribution in [2.45, 2.75) is 6.54 Å². The standard InChI is InChI=1S/C19H20N8O/c1-28-13-6-4-5-12(9-13)10-22-19-23-11-14-17(25-19)24-15-7-2-3-8-16(15)27(21)18(14)26-20/h2-9,11H,10,20-21H2,1H3,(H2,22,23,24,25)/b26-18-. The van der Waals surface area contributed by atoms with Crippen LogP contribution in [0.4, 0.5) is 23.1 Å². The molecule has 9 heteroatoms. The van der Waals surface area contributed by atoms with Gasteiger partial charge in [0.05, 0.1) is 24.0 Å². The van der Waals surface area contributed by atoms with Crippen molar-refractivity contribution in [1.82, 2.24) is 9.97 Å². The fourth-order valence-electron chi connectivity index (χ4n) is 2.98. The third kappa shape index (κ3) is 3.26. The molecule has 2 heterocycles. The number of nitrogens with two attached hydrogens (primary N) is 2. The minimum Gasteiger partial charge on any atom is -0.497 e. The maximum atomic E-state index is 6.22. The summed E-state index contributed by atoms with van der Waals surface area (Å²) in [4.78, 5) is 8.95. The molecular weight excluding hydrogens is 356 g/mol. The molecule has 0 atom stereocenters. The fraction of sp³-hybridized carbons (Fsp3) is 0.105. The fourth-order valence-corrected chi connectivity index (χ4v) is 2.98. The molecule has 0 saturated heterocycles. The second kappa shape index (κ2) is 7.41. The van der Waals surface area contributed by atoms with Crippen LogP contribution >= 0.6 is 0 Å². The van der Waals surface area contributed by atoms with Gasteiger partial charge in [-0.1, -0.05) is 24.3 Å². The summed E-state index contributed by atoms with van der Waals surface area (Å²) in [7, 11) is 1.64. The molecule has 0 amide bonds. The number of hydrogen-bond acceptors (Lipinski definition) is 8. The molecule has 0 bridgehead atoms. The van der Waals surface area contributed by atoms with E-state index < -0.39 is 0 Å². The quantitative estimate of drug-likeness (QED) is 0.403. The highest BCUT2D eigenvalue weighted by molar-refractivity contribution is 6.15. The number of para-hydroxylation sites is 2. The van der Waals surface area contributed by atoms with Gasteiger partial charge in [0.15, 0.2) is 5.84 Å². The molecule has 4 rings (SSSR count). The lowest BCUT2D eigenvalue weighted by Gasteiger charge is -2.18. The number of anilines is 4. The van der Waals surface area contributed by atoms with E-state index in [1.165, 1.54) is 5.01 Å². The topological polar surface area (TPSA) is 127 Å². The van der Waals surface area contributed by atoms with Gasteiger partial charge in [-0.3, -0.25) is 5.01 Å². The number of ether oxygens (including phenoxy) is 1. The van der Waals surface area contributed by atoms with Crippen molar-refractivity contribution < 1.29 is 4.74 Å². The molecule has 142 valence electrons. The summed E-state index contributed by atoms with van der Waals surface area (Å²) in [5, 5.41) is 11.8. The van der Waals surface area contributed by atoms with Gasteiger partial charge in [-0.05, 0) is 29.8 Å². The number of nitrogens with one attached hydrogen (secondary N) is 2. The Bertz CT molecular complexity index is 1040. The Labute approximate surface area is 162 Å². The van der Waals surface area contributed by atoms with Crippen molar-refractivity contribution in [1.29, 1.82) is 0 Å². The zero-order valence-electron chi connectivity index (χ0n) is 15.3. The van der Waals surface area contributed by atoms with Crippen molar-refractivity contribution in [3.05, 3.63) is 65.9 Å². The van der Waals surface area contributed by atoms with Crippen LogP contribution in [0.1, 0.15) is 11.1 Å². The lowest BCUT2D eigenvalue weighted by molar-refractivity contribution is 0.414. The molecule has 9 nitrogen and oxygen atoms in total. The highest BCUT2D eigenvalue weighted by atomic mass is 16.5. The number of hydrazine groups is 1. The van der Waals surface area contributed by atoms with E-state index >= 15 is 0 Å². The zero-order valence-corrected chi connectivity index (χ0v) is 15.3. The normalized spacial score (nSPS) is 13.9. The Kier molecular flexibility index (Phi) is 4.65. The van der Waals surface area contributed by atoms with Gasteiger partial charge in [-0.2, -0.15) is 10.1 Å². The molecule has 0 unspecified atom stereocenters. The molecule has 2 aromatic carbocycles. The molecule has 0 radical (unpaired) electrons. The second-order valence-corrected chi connectivity index (χ2v) is 6.13. The summed E-state index contributed by atoms with van der Waals surface area (Å²) in [6.07, 6.45) is 1.64. The van der Waals surface area contributed by atoms with Crippen molar-refractivity contribution in [2.24, 2.45) is 16.8 Å². The Morgan fingerprint density at radius 3 is 2.89 bits per heavy atom. The first kappa shape index (κ1) is 17.6. The van der Waals surface area contributed by atoms with Gasteiger partial charge in [-0.15, -0.1) is 0 Å². The van der Waals surface area contributed by atoms with Gasteiger partial charge < -0.3 is 21.2 Å². The van der Waals surface area contributed by atoms with Gasteiger partial charge in [0.2, 0.25) is 5.95 Å². The molecule has 0 saturated carbocycles. The van der Waals surface area contributed by atoms with Crippen molar-refractivity contribution in [2.75, 3.05) is 22.8 Å². The zero-order chi connectivity index (χ0) is 19.5. The second-order valence-electron chi connectivity index (χ2n) is 6.13. The van der Waals surface area contributed by atoms with Crippen LogP contribution in [0.15, 0.2) is 59.8 Å². The van der Waals surface area contributed by atoms with Crippen LogP contribution in [0.2, 0.25) is 0 Å². The minimum atomic E-state index is 0.367. The first-order chi connectivity index (χ1) is 13.7. The molecular formula is C19H20N8O. The average Bonchev–Trinajstić information content (AvgIpc) is 2.85. The Morgan fingerprint density at radius 2 is 2.07 bits per heavy atom. The molecule has 28 heavy (non-hydrogen) atoms. The summed E-state index contributed by atoms with van der Waals surface area (Å²) in [6, 6.07) is 15.4. The van der Waals surface area contributed by atoms with Crippen molar-refractivity contribution >= 4 is 29.0 Å². The number of amidine groups is 1. The van der Waals surface area contributed by atoms with Gasteiger partial charge in [0, 0.05) is 12.7 Å². The molecule has 3 aromatic rings.